The summed E-state index contributed by atoms with van der Waals surface area (Å²) in [5.74, 6) is 6.16. The summed E-state index contributed by atoms with van der Waals surface area (Å²) in [5.41, 5.74) is 0. The van der Waals surface area contributed by atoms with E-state index in [4.69, 9.17) is 4.74 Å². The first-order valence-electron chi connectivity index (χ1n) is 7.04. The van der Waals surface area contributed by atoms with Gasteiger partial charge < -0.3 is 14.8 Å². The molecule has 0 aromatic rings. The van der Waals surface area contributed by atoms with Crippen molar-refractivity contribution in [2.75, 3.05) is 13.2 Å². The van der Waals surface area contributed by atoms with Gasteiger partial charge in [0.05, 0.1) is 0 Å². The van der Waals surface area contributed by atoms with Crippen molar-refractivity contribution in [1.82, 2.24) is 5.32 Å². The summed E-state index contributed by atoms with van der Waals surface area (Å²) >= 11 is 0. The first-order chi connectivity index (χ1) is 9.18. The van der Waals surface area contributed by atoms with Crippen LogP contribution in [0.5, 0.6) is 0 Å². The van der Waals surface area contributed by atoms with E-state index in [9.17, 15) is 9.59 Å². The lowest BCUT2D eigenvalue weighted by atomic mass is 10.1. The number of hydrogen-bond acceptors (Lipinski definition) is 3. The Morgan fingerprint density at radius 3 is 2.95 bits per heavy atom. The predicted octanol–water partition coefficient (Wildman–Crippen LogP) is 1.82. The van der Waals surface area contributed by atoms with Crippen LogP contribution in [-0.2, 0) is 14.3 Å². The van der Waals surface area contributed by atoms with E-state index in [2.05, 4.69) is 17.2 Å². The van der Waals surface area contributed by atoms with Gasteiger partial charge in [0.1, 0.15) is 18.5 Å². The van der Waals surface area contributed by atoms with Gasteiger partial charge in [-0.3, -0.25) is 4.79 Å². The summed E-state index contributed by atoms with van der Waals surface area (Å²) in [6.45, 7) is 2.13. The molecule has 19 heavy (non-hydrogen) atoms. The van der Waals surface area contributed by atoms with E-state index in [-0.39, 0.29) is 24.4 Å². The van der Waals surface area contributed by atoms with E-state index < -0.39 is 0 Å². The van der Waals surface area contributed by atoms with Gasteiger partial charge in [-0.15, -0.1) is 5.92 Å². The molecule has 1 atom stereocenters. The fourth-order valence-electron chi connectivity index (χ4n) is 1.90. The molecule has 0 fully saturated rings. The Hall–Kier alpha value is -1.34. The molecule has 0 saturated heterocycles. The molecule has 1 aliphatic rings. The van der Waals surface area contributed by atoms with E-state index in [1.165, 1.54) is 6.42 Å². The maximum atomic E-state index is 11.5. The minimum atomic E-state index is -0.132. The van der Waals surface area contributed by atoms with Crippen LogP contribution in [0, 0.1) is 11.8 Å². The molecule has 1 unspecified atom stereocenters. The fraction of sp³-hybridized carbons (Fsp3) is 0.733. The zero-order valence-electron chi connectivity index (χ0n) is 11.7. The highest BCUT2D eigenvalue weighted by Gasteiger charge is 2.09. The molecular weight excluding hydrogens is 242 g/mol. The Morgan fingerprint density at radius 1 is 1.32 bits per heavy atom. The smallest absolute Gasteiger partial charge is 0.246 e. The van der Waals surface area contributed by atoms with Gasteiger partial charge in [0.2, 0.25) is 5.91 Å². The monoisotopic (exact) mass is 265 g/mol. The second kappa shape index (κ2) is 9.57. The number of amides is 1. The molecule has 0 radical (unpaired) electrons. The minimum absolute atomic E-state index is 0.0550. The Kier molecular flexibility index (Phi) is 7.92. The highest BCUT2D eigenvalue weighted by molar-refractivity contribution is 5.77. The van der Waals surface area contributed by atoms with E-state index in [0.717, 1.165) is 25.7 Å². The molecule has 1 aliphatic carbocycles. The molecular formula is C15H23NO3. The lowest BCUT2D eigenvalue weighted by Crippen LogP contribution is -2.30. The maximum absolute atomic E-state index is 11.5. The van der Waals surface area contributed by atoms with Crippen LogP contribution in [-0.4, -0.2) is 30.9 Å². The molecule has 4 nitrogen and oxygen atoms in total. The lowest BCUT2D eigenvalue weighted by molar-refractivity contribution is -0.127. The van der Waals surface area contributed by atoms with Crippen LogP contribution < -0.4 is 5.32 Å². The quantitative estimate of drug-likeness (QED) is 0.564. The van der Waals surface area contributed by atoms with Crippen molar-refractivity contribution in [3.8, 4) is 11.8 Å². The molecule has 0 saturated carbocycles. The summed E-state index contributed by atoms with van der Waals surface area (Å²) in [6, 6.07) is 0. The summed E-state index contributed by atoms with van der Waals surface area (Å²) in [5, 5.41) is 2.74. The summed E-state index contributed by atoms with van der Waals surface area (Å²) < 4.78 is 5.51. The zero-order chi connectivity index (χ0) is 13.9. The third kappa shape index (κ3) is 8.39. The number of nitrogens with one attached hydrogen (secondary N) is 1. The number of rotatable bonds is 7. The van der Waals surface area contributed by atoms with Crippen LogP contribution in [0.3, 0.4) is 0 Å². The van der Waals surface area contributed by atoms with E-state index in [1.54, 1.807) is 6.92 Å². The normalized spacial score (nSPS) is 18.7. The molecule has 0 spiro atoms. The molecule has 106 valence electrons. The van der Waals surface area contributed by atoms with Crippen molar-refractivity contribution >= 4 is 11.7 Å². The Balaban J connectivity index is 2.12. The standard InChI is InChI=1S/C15H23NO3/c1-13(17)8-7-11-16-15(18)12-19-14-9-5-3-2-4-6-10-14/h14H,2-5,7-9,11-12H2,1H3,(H,16,18). The molecule has 4 heteroatoms. The van der Waals surface area contributed by atoms with Crippen molar-refractivity contribution in [1.29, 1.82) is 0 Å². The molecule has 1 N–H and O–H groups in total. The van der Waals surface area contributed by atoms with Crippen LogP contribution in [0.4, 0.5) is 0 Å². The van der Waals surface area contributed by atoms with Gasteiger partial charge in [-0.25, -0.2) is 0 Å². The van der Waals surface area contributed by atoms with Gasteiger partial charge in [-0.1, -0.05) is 12.3 Å². The van der Waals surface area contributed by atoms with Crippen molar-refractivity contribution in [3.05, 3.63) is 0 Å². The second-order valence-corrected chi connectivity index (χ2v) is 4.88. The summed E-state index contributed by atoms with van der Waals surface area (Å²) in [6.07, 6.45) is 6.38. The summed E-state index contributed by atoms with van der Waals surface area (Å²) in [4.78, 5) is 22.2. The first kappa shape index (κ1) is 15.7. The van der Waals surface area contributed by atoms with Crippen molar-refractivity contribution in [2.45, 2.75) is 58.0 Å². The number of Topliss-reactive ketones (excluding diaryl/α,β-unsaturated/α-hetero) is 1. The van der Waals surface area contributed by atoms with Crippen molar-refractivity contribution < 1.29 is 14.3 Å². The van der Waals surface area contributed by atoms with Gasteiger partial charge >= 0.3 is 0 Å². The molecule has 0 aliphatic heterocycles. The number of hydrogen-bond donors (Lipinski definition) is 1. The average Bonchev–Trinajstić information content (AvgIpc) is 2.33. The van der Waals surface area contributed by atoms with E-state index >= 15 is 0 Å². The first-order valence-corrected chi connectivity index (χ1v) is 7.04. The number of carbonyl (C=O) groups excluding carboxylic acids is 2. The lowest BCUT2D eigenvalue weighted by Gasteiger charge is -2.13. The fourth-order valence-corrected chi connectivity index (χ4v) is 1.90. The third-order valence-electron chi connectivity index (χ3n) is 2.97. The van der Waals surface area contributed by atoms with Crippen LogP contribution in [0.25, 0.3) is 0 Å². The predicted molar refractivity (Wildman–Crippen MR) is 73.5 cm³/mol. The largest absolute Gasteiger partial charge is 0.356 e. The summed E-state index contributed by atoms with van der Waals surface area (Å²) in [7, 11) is 0. The van der Waals surface area contributed by atoms with Gasteiger partial charge in [-0.05, 0) is 32.6 Å². The Morgan fingerprint density at radius 2 is 2.16 bits per heavy atom. The van der Waals surface area contributed by atoms with Crippen LogP contribution in [0.15, 0.2) is 0 Å². The number of ketones is 1. The average molecular weight is 265 g/mol. The second-order valence-electron chi connectivity index (χ2n) is 4.88. The molecule has 0 aromatic heterocycles. The van der Waals surface area contributed by atoms with Crippen molar-refractivity contribution in [3.63, 3.8) is 0 Å². The topological polar surface area (TPSA) is 55.4 Å². The van der Waals surface area contributed by atoms with E-state index in [0.29, 0.717) is 19.4 Å². The van der Waals surface area contributed by atoms with Gasteiger partial charge in [0.15, 0.2) is 0 Å². The highest BCUT2D eigenvalue weighted by Crippen LogP contribution is 2.10. The van der Waals surface area contributed by atoms with Gasteiger partial charge in [0.25, 0.3) is 0 Å². The minimum Gasteiger partial charge on any atom is -0.356 e. The van der Waals surface area contributed by atoms with E-state index in [1.807, 2.05) is 0 Å². The molecule has 0 heterocycles. The van der Waals surface area contributed by atoms with Crippen molar-refractivity contribution in [2.24, 2.45) is 0 Å². The number of ether oxygens (including phenoxy) is 1. The van der Waals surface area contributed by atoms with Crippen LogP contribution in [0.2, 0.25) is 0 Å². The molecule has 1 rings (SSSR count). The molecule has 0 aromatic carbocycles. The molecule has 1 amide bonds. The maximum Gasteiger partial charge on any atom is 0.246 e. The Bertz CT molecular complexity index is 354. The molecule has 0 bridgehead atoms. The zero-order valence-corrected chi connectivity index (χ0v) is 11.7. The van der Waals surface area contributed by atoms with Gasteiger partial charge in [0, 0.05) is 19.4 Å². The van der Waals surface area contributed by atoms with Gasteiger partial charge in [-0.2, -0.15) is 0 Å². The highest BCUT2D eigenvalue weighted by atomic mass is 16.5. The third-order valence-corrected chi connectivity index (χ3v) is 2.97. The van der Waals surface area contributed by atoms with Crippen LogP contribution in [0.1, 0.15) is 51.9 Å². The Labute approximate surface area is 115 Å². The number of carbonyl (C=O) groups is 2. The van der Waals surface area contributed by atoms with Crippen LogP contribution >= 0.6 is 0 Å². The SMILES string of the molecule is CC(=O)CCCNC(=O)COC1C#CCCCCC1.